The van der Waals surface area contributed by atoms with Crippen LogP contribution < -0.4 is 10.1 Å². The fraction of sp³-hybridized carbons (Fsp3) is 0.500. The van der Waals surface area contributed by atoms with Crippen molar-refractivity contribution in [2.24, 2.45) is 5.92 Å². The monoisotopic (exact) mass is 249 g/mol. The number of hydrogen-bond donors (Lipinski definition) is 1. The van der Waals surface area contributed by atoms with Gasteiger partial charge in [-0.25, -0.2) is 4.39 Å². The second kappa shape index (κ2) is 4.69. The summed E-state index contributed by atoms with van der Waals surface area (Å²) in [5.41, 5.74) is 1.13. The van der Waals surface area contributed by atoms with Gasteiger partial charge in [0.05, 0.1) is 12.2 Å². The molecule has 18 heavy (non-hydrogen) atoms. The molecule has 0 bridgehead atoms. The van der Waals surface area contributed by atoms with Gasteiger partial charge in [-0.15, -0.1) is 0 Å². The van der Waals surface area contributed by atoms with Crippen molar-refractivity contribution in [2.45, 2.75) is 19.3 Å². The molecule has 0 saturated carbocycles. The number of benzene rings is 1. The zero-order chi connectivity index (χ0) is 12.5. The van der Waals surface area contributed by atoms with Crippen molar-refractivity contribution < 1.29 is 13.9 Å². The van der Waals surface area contributed by atoms with Crippen molar-refractivity contribution in [3.63, 3.8) is 0 Å². The van der Waals surface area contributed by atoms with Gasteiger partial charge in [-0.05, 0) is 37.6 Å². The number of halogens is 1. The first kappa shape index (κ1) is 11.7. The molecule has 3 rings (SSSR count). The van der Waals surface area contributed by atoms with E-state index in [1.807, 2.05) is 0 Å². The van der Waals surface area contributed by atoms with Crippen LogP contribution in [-0.4, -0.2) is 25.5 Å². The van der Waals surface area contributed by atoms with E-state index in [-0.39, 0.29) is 17.3 Å². The van der Waals surface area contributed by atoms with E-state index >= 15 is 0 Å². The Morgan fingerprint density at radius 1 is 1.33 bits per heavy atom. The van der Waals surface area contributed by atoms with Crippen LogP contribution >= 0.6 is 0 Å². The van der Waals surface area contributed by atoms with Crippen molar-refractivity contribution >= 4 is 5.78 Å². The topological polar surface area (TPSA) is 38.3 Å². The number of piperidine rings is 1. The summed E-state index contributed by atoms with van der Waals surface area (Å²) in [5.74, 6) is -0.123. The Bertz CT molecular complexity index is 481. The van der Waals surface area contributed by atoms with Crippen LogP contribution in [0.1, 0.15) is 28.8 Å². The molecule has 0 unspecified atom stereocenters. The van der Waals surface area contributed by atoms with E-state index in [0.29, 0.717) is 12.4 Å². The Labute approximate surface area is 105 Å². The van der Waals surface area contributed by atoms with E-state index < -0.39 is 5.82 Å². The second-order valence-electron chi connectivity index (χ2n) is 4.90. The molecule has 0 atom stereocenters. The van der Waals surface area contributed by atoms with Crippen molar-refractivity contribution in [3.8, 4) is 5.75 Å². The summed E-state index contributed by atoms with van der Waals surface area (Å²) in [4.78, 5) is 12.4. The first-order valence-electron chi connectivity index (χ1n) is 6.46. The highest BCUT2D eigenvalue weighted by Gasteiger charge is 2.30. The zero-order valence-corrected chi connectivity index (χ0v) is 10.2. The minimum absolute atomic E-state index is 0.0727. The maximum atomic E-state index is 13.9. The number of ketones is 1. The van der Waals surface area contributed by atoms with Gasteiger partial charge in [0.2, 0.25) is 0 Å². The number of carbonyl (C=O) groups is 1. The lowest BCUT2D eigenvalue weighted by Crippen LogP contribution is -2.32. The molecule has 0 aliphatic carbocycles. The number of fused-ring (bicyclic) bond motifs is 1. The maximum absolute atomic E-state index is 13.9. The summed E-state index contributed by atoms with van der Waals surface area (Å²) >= 11 is 0. The van der Waals surface area contributed by atoms with Crippen LogP contribution in [0.15, 0.2) is 12.1 Å². The molecule has 0 aromatic heterocycles. The van der Waals surface area contributed by atoms with Crippen molar-refractivity contribution in [2.75, 3.05) is 19.7 Å². The van der Waals surface area contributed by atoms with Gasteiger partial charge in [-0.3, -0.25) is 4.79 Å². The minimum Gasteiger partial charge on any atom is -0.492 e. The third-order valence-corrected chi connectivity index (χ3v) is 3.76. The molecule has 0 amide bonds. The van der Waals surface area contributed by atoms with E-state index in [4.69, 9.17) is 4.74 Å². The summed E-state index contributed by atoms with van der Waals surface area (Å²) < 4.78 is 19.4. The van der Waals surface area contributed by atoms with Gasteiger partial charge in [-0.1, -0.05) is 6.07 Å². The number of Topliss-reactive ketones (excluding diaryl/α,β-unsaturated/α-hetero) is 1. The number of carbonyl (C=O) groups excluding carboxylic acids is 1. The summed E-state index contributed by atoms with van der Waals surface area (Å²) in [6, 6.07) is 3.11. The first-order chi connectivity index (χ1) is 8.77. The predicted molar refractivity (Wildman–Crippen MR) is 65.5 cm³/mol. The zero-order valence-electron chi connectivity index (χ0n) is 10.2. The van der Waals surface area contributed by atoms with Crippen LogP contribution in [0.3, 0.4) is 0 Å². The highest BCUT2D eigenvalue weighted by molar-refractivity contribution is 6.01. The molecule has 1 aromatic rings. The van der Waals surface area contributed by atoms with Crippen molar-refractivity contribution in [1.29, 1.82) is 0 Å². The Hall–Kier alpha value is -1.42. The molecule has 0 radical (unpaired) electrons. The lowest BCUT2D eigenvalue weighted by Gasteiger charge is -2.22. The van der Waals surface area contributed by atoms with Gasteiger partial charge < -0.3 is 10.1 Å². The average molecular weight is 249 g/mol. The molecule has 1 N–H and O–H groups in total. The molecule has 1 aromatic carbocycles. The molecule has 0 spiro atoms. The molecule has 1 saturated heterocycles. The number of ether oxygens (including phenoxy) is 1. The van der Waals surface area contributed by atoms with Crippen LogP contribution in [0.4, 0.5) is 4.39 Å². The standard InChI is InChI=1S/C14H16FNO2/c15-11-2-1-10-5-8-18-14(10)12(11)13(17)9-3-6-16-7-4-9/h1-2,9,16H,3-8H2. The van der Waals surface area contributed by atoms with E-state index in [9.17, 15) is 9.18 Å². The Kier molecular flexibility index (Phi) is 3.04. The largest absolute Gasteiger partial charge is 0.492 e. The average Bonchev–Trinajstić information content (AvgIpc) is 2.87. The maximum Gasteiger partial charge on any atom is 0.172 e. The molecule has 4 heteroatoms. The number of rotatable bonds is 2. The minimum atomic E-state index is -0.445. The quantitative estimate of drug-likeness (QED) is 0.814. The van der Waals surface area contributed by atoms with Crippen LogP contribution in [0, 0.1) is 11.7 Å². The Morgan fingerprint density at radius 2 is 2.11 bits per heavy atom. The third-order valence-electron chi connectivity index (χ3n) is 3.76. The Balaban J connectivity index is 1.96. The predicted octanol–water partition coefficient (Wildman–Crippen LogP) is 1.94. The first-order valence-corrected chi connectivity index (χ1v) is 6.46. The smallest absolute Gasteiger partial charge is 0.172 e. The van der Waals surface area contributed by atoms with Crippen LogP contribution in [0.5, 0.6) is 5.75 Å². The Morgan fingerprint density at radius 3 is 2.89 bits per heavy atom. The normalized spacial score (nSPS) is 19.4. The van der Waals surface area contributed by atoms with E-state index in [1.54, 1.807) is 6.07 Å². The molecule has 2 heterocycles. The van der Waals surface area contributed by atoms with Crippen molar-refractivity contribution in [3.05, 3.63) is 29.1 Å². The summed E-state index contributed by atoms with van der Waals surface area (Å²) in [6.07, 6.45) is 2.33. The van der Waals surface area contributed by atoms with Crippen LogP contribution in [-0.2, 0) is 6.42 Å². The molecule has 1 fully saturated rings. The van der Waals surface area contributed by atoms with Gasteiger partial charge in [-0.2, -0.15) is 0 Å². The second-order valence-corrected chi connectivity index (χ2v) is 4.90. The molecule has 2 aliphatic rings. The van der Waals surface area contributed by atoms with E-state index in [0.717, 1.165) is 37.9 Å². The summed E-state index contributed by atoms with van der Waals surface area (Å²) in [6.45, 7) is 2.20. The number of nitrogens with one attached hydrogen (secondary N) is 1. The fourth-order valence-corrected chi connectivity index (χ4v) is 2.74. The number of hydrogen-bond acceptors (Lipinski definition) is 3. The molecular weight excluding hydrogens is 233 g/mol. The molecule has 3 nitrogen and oxygen atoms in total. The lowest BCUT2D eigenvalue weighted by molar-refractivity contribution is 0.0887. The fourth-order valence-electron chi connectivity index (χ4n) is 2.74. The highest BCUT2D eigenvalue weighted by Crippen LogP contribution is 2.34. The SMILES string of the molecule is O=C(c1c(F)ccc2c1OCC2)C1CCNCC1. The van der Waals surface area contributed by atoms with Gasteiger partial charge in [0, 0.05) is 12.3 Å². The highest BCUT2D eigenvalue weighted by atomic mass is 19.1. The van der Waals surface area contributed by atoms with Crippen LogP contribution in [0.2, 0.25) is 0 Å². The lowest BCUT2D eigenvalue weighted by atomic mass is 9.88. The van der Waals surface area contributed by atoms with Gasteiger partial charge in [0.1, 0.15) is 11.6 Å². The van der Waals surface area contributed by atoms with Crippen LogP contribution in [0.25, 0.3) is 0 Å². The van der Waals surface area contributed by atoms with Gasteiger partial charge in [0.25, 0.3) is 0 Å². The van der Waals surface area contributed by atoms with Gasteiger partial charge in [0.15, 0.2) is 5.78 Å². The van der Waals surface area contributed by atoms with Gasteiger partial charge >= 0.3 is 0 Å². The summed E-state index contributed by atoms with van der Waals surface area (Å²) in [5, 5.41) is 3.21. The van der Waals surface area contributed by atoms with E-state index in [2.05, 4.69) is 5.32 Å². The van der Waals surface area contributed by atoms with E-state index in [1.165, 1.54) is 6.07 Å². The van der Waals surface area contributed by atoms with Crippen molar-refractivity contribution in [1.82, 2.24) is 5.32 Å². The molecule has 96 valence electrons. The molecule has 2 aliphatic heterocycles. The third kappa shape index (κ3) is 1.90. The summed E-state index contributed by atoms with van der Waals surface area (Å²) in [7, 11) is 0. The molecular formula is C14H16FNO2.